The number of benzene rings is 2. The van der Waals surface area contributed by atoms with Gasteiger partial charge in [0, 0.05) is 17.4 Å². The second-order valence-electron chi connectivity index (χ2n) is 6.09. The van der Waals surface area contributed by atoms with Crippen LogP contribution in [0.3, 0.4) is 0 Å². The highest BCUT2D eigenvalue weighted by molar-refractivity contribution is 9.10. The third kappa shape index (κ3) is 5.42. The predicted octanol–water partition coefficient (Wildman–Crippen LogP) is 4.72. The van der Waals surface area contributed by atoms with E-state index in [9.17, 15) is 9.18 Å². The topological polar surface area (TPSA) is 59.8 Å². The molecule has 0 spiro atoms. The molecule has 5 nitrogen and oxygen atoms in total. The molecule has 0 bridgehead atoms. The van der Waals surface area contributed by atoms with Crippen molar-refractivity contribution in [3.8, 4) is 0 Å². The SMILES string of the molecule is CCn1c(CCc2ccccc2)nnc1SCC(=O)Nc1ccc(Br)cc1F. The molecule has 8 heteroatoms. The molecule has 1 heterocycles. The quantitative estimate of drug-likeness (QED) is 0.492. The Morgan fingerprint density at radius 2 is 1.96 bits per heavy atom. The lowest BCUT2D eigenvalue weighted by Gasteiger charge is -2.08. The van der Waals surface area contributed by atoms with Crippen LogP contribution >= 0.6 is 27.7 Å². The lowest BCUT2D eigenvalue weighted by Crippen LogP contribution is -2.15. The van der Waals surface area contributed by atoms with Crippen LogP contribution in [0.1, 0.15) is 18.3 Å². The lowest BCUT2D eigenvalue weighted by molar-refractivity contribution is -0.113. The van der Waals surface area contributed by atoms with Crippen molar-refractivity contribution < 1.29 is 9.18 Å². The molecule has 0 unspecified atom stereocenters. The van der Waals surface area contributed by atoms with E-state index in [0.717, 1.165) is 25.2 Å². The minimum absolute atomic E-state index is 0.131. The maximum Gasteiger partial charge on any atom is 0.234 e. The number of nitrogens with one attached hydrogen (secondary N) is 1. The van der Waals surface area contributed by atoms with Crippen LogP contribution in [0.2, 0.25) is 0 Å². The van der Waals surface area contributed by atoms with Crippen LogP contribution in [0.15, 0.2) is 58.2 Å². The summed E-state index contributed by atoms with van der Waals surface area (Å²) in [7, 11) is 0. The van der Waals surface area contributed by atoms with Gasteiger partial charge >= 0.3 is 0 Å². The number of carbonyl (C=O) groups excluding carboxylic acids is 1. The first-order chi connectivity index (χ1) is 13.6. The predicted molar refractivity (Wildman–Crippen MR) is 113 cm³/mol. The molecule has 0 saturated heterocycles. The van der Waals surface area contributed by atoms with Crippen LogP contribution in [-0.2, 0) is 24.2 Å². The molecular formula is C20H20BrFN4OS. The minimum Gasteiger partial charge on any atom is -0.323 e. The molecule has 0 aliphatic carbocycles. The summed E-state index contributed by atoms with van der Waals surface area (Å²) in [6.07, 6.45) is 1.66. The Hall–Kier alpha value is -2.19. The van der Waals surface area contributed by atoms with Crippen LogP contribution < -0.4 is 5.32 Å². The van der Waals surface area contributed by atoms with Gasteiger partial charge in [-0.25, -0.2) is 4.39 Å². The van der Waals surface area contributed by atoms with Crippen molar-refractivity contribution in [3.05, 3.63) is 70.2 Å². The molecule has 28 heavy (non-hydrogen) atoms. The van der Waals surface area contributed by atoms with Gasteiger partial charge in [-0.2, -0.15) is 0 Å². The molecule has 0 atom stereocenters. The van der Waals surface area contributed by atoms with E-state index >= 15 is 0 Å². The number of aryl methyl sites for hydroxylation is 2. The average molecular weight is 463 g/mol. The smallest absolute Gasteiger partial charge is 0.234 e. The van der Waals surface area contributed by atoms with E-state index in [0.29, 0.717) is 9.63 Å². The second-order valence-corrected chi connectivity index (χ2v) is 7.95. The number of halogens is 2. The van der Waals surface area contributed by atoms with E-state index in [2.05, 4.69) is 43.6 Å². The normalized spacial score (nSPS) is 10.8. The summed E-state index contributed by atoms with van der Waals surface area (Å²) in [5.41, 5.74) is 1.41. The summed E-state index contributed by atoms with van der Waals surface area (Å²) < 4.78 is 16.5. The Labute approximate surface area is 175 Å². The number of hydrogen-bond acceptors (Lipinski definition) is 4. The average Bonchev–Trinajstić information content (AvgIpc) is 3.09. The van der Waals surface area contributed by atoms with Gasteiger partial charge in [-0.1, -0.05) is 58.0 Å². The largest absolute Gasteiger partial charge is 0.323 e. The Morgan fingerprint density at radius 1 is 1.18 bits per heavy atom. The lowest BCUT2D eigenvalue weighted by atomic mass is 10.1. The minimum atomic E-state index is -0.479. The van der Waals surface area contributed by atoms with Crippen molar-refractivity contribution in [3.63, 3.8) is 0 Å². The Balaban J connectivity index is 1.58. The van der Waals surface area contributed by atoms with E-state index in [-0.39, 0.29) is 17.3 Å². The molecule has 0 aliphatic rings. The van der Waals surface area contributed by atoms with E-state index < -0.39 is 5.82 Å². The number of carbonyl (C=O) groups is 1. The summed E-state index contributed by atoms with van der Waals surface area (Å²) >= 11 is 4.49. The zero-order chi connectivity index (χ0) is 19.9. The van der Waals surface area contributed by atoms with Crippen molar-refractivity contribution in [2.45, 2.75) is 31.5 Å². The zero-order valence-electron chi connectivity index (χ0n) is 15.4. The standard InChI is InChI=1S/C20H20BrFN4OS/c1-2-26-18(11-8-14-6-4-3-5-7-14)24-25-20(26)28-13-19(27)23-17-10-9-15(21)12-16(17)22/h3-7,9-10,12H,2,8,11,13H2,1H3,(H,23,27). The molecule has 0 fully saturated rings. The summed E-state index contributed by atoms with van der Waals surface area (Å²) in [6.45, 7) is 2.75. The highest BCUT2D eigenvalue weighted by atomic mass is 79.9. The van der Waals surface area contributed by atoms with Crippen LogP contribution in [0, 0.1) is 5.82 Å². The number of rotatable bonds is 8. The second kappa shape index (κ2) is 9.84. The number of hydrogen-bond donors (Lipinski definition) is 1. The number of nitrogens with zero attached hydrogens (tertiary/aromatic N) is 3. The Morgan fingerprint density at radius 3 is 2.68 bits per heavy atom. The fourth-order valence-electron chi connectivity index (χ4n) is 2.74. The summed E-state index contributed by atoms with van der Waals surface area (Å²) in [5.74, 6) is 0.260. The fourth-order valence-corrected chi connectivity index (χ4v) is 3.89. The molecule has 0 aliphatic heterocycles. The zero-order valence-corrected chi connectivity index (χ0v) is 17.8. The Kier molecular flexibility index (Phi) is 7.22. The van der Waals surface area contributed by atoms with Crippen LogP contribution in [0.4, 0.5) is 10.1 Å². The molecule has 1 aromatic heterocycles. The molecule has 3 rings (SSSR count). The van der Waals surface area contributed by atoms with Crippen LogP contribution in [-0.4, -0.2) is 26.4 Å². The van der Waals surface area contributed by atoms with E-state index in [1.165, 1.54) is 29.5 Å². The van der Waals surface area contributed by atoms with Gasteiger partial charge in [-0.15, -0.1) is 10.2 Å². The molecule has 0 saturated carbocycles. The van der Waals surface area contributed by atoms with Crippen LogP contribution in [0.25, 0.3) is 0 Å². The number of aromatic nitrogens is 3. The maximum absolute atomic E-state index is 13.8. The van der Waals surface area contributed by atoms with Gasteiger partial charge in [0.15, 0.2) is 5.16 Å². The molecule has 146 valence electrons. The van der Waals surface area contributed by atoms with Crippen molar-refractivity contribution in [1.82, 2.24) is 14.8 Å². The van der Waals surface area contributed by atoms with Gasteiger partial charge in [0.05, 0.1) is 11.4 Å². The number of amides is 1. The highest BCUT2D eigenvalue weighted by Gasteiger charge is 2.14. The fraction of sp³-hybridized carbons (Fsp3) is 0.250. The van der Waals surface area contributed by atoms with Crippen molar-refractivity contribution in [2.24, 2.45) is 0 Å². The molecule has 1 N–H and O–H groups in total. The number of anilines is 1. The maximum atomic E-state index is 13.8. The molecule has 3 aromatic rings. The summed E-state index contributed by atoms with van der Waals surface area (Å²) in [5, 5.41) is 11.8. The third-order valence-electron chi connectivity index (χ3n) is 4.13. The van der Waals surface area contributed by atoms with E-state index in [4.69, 9.17) is 0 Å². The summed E-state index contributed by atoms with van der Waals surface area (Å²) in [6, 6.07) is 14.7. The molecule has 1 amide bonds. The van der Waals surface area contributed by atoms with Crippen molar-refractivity contribution in [2.75, 3.05) is 11.1 Å². The van der Waals surface area contributed by atoms with Crippen molar-refractivity contribution in [1.29, 1.82) is 0 Å². The number of thioether (sulfide) groups is 1. The van der Waals surface area contributed by atoms with E-state index in [1.54, 1.807) is 6.07 Å². The molecule has 2 aromatic carbocycles. The van der Waals surface area contributed by atoms with Crippen molar-refractivity contribution >= 4 is 39.3 Å². The highest BCUT2D eigenvalue weighted by Crippen LogP contribution is 2.21. The van der Waals surface area contributed by atoms with Crippen LogP contribution in [0.5, 0.6) is 0 Å². The van der Waals surface area contributed by atoms with Gasteiger partial charge < -0.3 is 9.88 Å². The summed E-state index contributed by atoms with van der Waals surface area (Å²) in [4.78, 5) is 12.2. The van der Waals surface area contributed by atoms with Gasteiger partial charge in [0.2, 0.25) is 5.91 Å². The molecular weight excluding hydrogens is 443 g/mol. The molecule has 0 radical (unpaired) electrons. The van der Waals surface area contributed by atoms with Gasteiger partial charge in [-0.3, -0.25) is 4.79 Å². The first kappa shape index (κ1) is 20.5. The first-order valence-corrected chi connectivity index (χ1v) is 10.7. The Bertz CT molecular complexity index is 949. The third-order valence-corrected chi connectivity index (χ3v) is 5.59. The monoisotopic (exact) mass is 462 g/mol. The first-order valence-electron chi connectivity index (χ1n) is 8.90. The van der Waals surface area contributed by atoms with Gasteiger partial charge in [-0.05, 0) is 37.1 Å². The van der Waals surface area contributed by atoms with Gasteiger partial charge in [0.1, 0.15) is 11.6 Å². The van der Waals surface area contributed by atoms with Gasteiger partial charge in [0.25, 0.3) is 0 Å². The van der Waals surface area contributed by atoms with E-state index in [1.807, 2.05) is 29.7 Å².